The van der Waals surface area contributed by atoms with Crippen molar-refractivity contribution < 1.29 is 23.4 Å². The van der Waals surface area contributed by atoms with E-state index < -0.39 is 0 Å². The second-order valence-electron chi connectivity index (χ2n) is 6.02. The molecule has 4 rings (SSSR count). The molecule has 1 N–H and O–H groups in total. The summed E-state index contributed by atoms with van der Waals surface area (Å²) in [4.78, 5) is 11.9. The third-order valence-electron chi connectivity index (χ3n) is 3.82. The van der Waals surface area contributed by atoms with Gasteiger partial charge in [0.05, 0.1) is 17.0 Å². The maximum absolute atomic E-state index is 11.9. The zero-order valence-corrected chi connectivity index (χ0v) is 18.0. The summed E-state index contributed by atoms with van der Waals surface area (Å²) in [6.07, 6.45) is 1.51. The average molecular weight is 481 g/mol. The first-order chi connectivity index (χ1) is 15.1. The number of nitrogens with one attached hydrogen (secondary N) is 1. The SMILES string of the molecule is O=C(CSc1nnc(COc2ccc(Cl)cc2Cl)o1)N/N=C\c1ccc2c(c1)OCO2. The minimum Gasteiger partial charge on any atom is -0.482 e. The monoisotopic (exact) mass is 480 g/mol. The predicted molar refractivity (Wildman–Crippen MR) is 114 cm³/mol. The largest absolute Gasteiger partial charge is 0.482 e. The van der Waals surface area contributed by atoms with Gasteiger partial charge in [-0.05, 0) is 42.0 Å². The highest BCUT2D eigenvalue weighted by Gasteiger charge is 2.13. The summed E-state index contributed by atoms with van der Waals surface area (Å²) in [7, 11) is 0. The molecule has 0 spiro atoms. The van der Waals surface area contributed by atoms with E-state index in [1.165, 1.54) is 6.21 Å². The van der Waals surface area contributed by atoms with E-state index in [0.29, 0.717) is 27.3 Å². The number of thioether (sulfide) groups is 1. The number of nitrogens with zero attached hydrogens (tertiary/aromatic N) is 3. The molecule has 1 aliphatic heterocycles. The highest BCUT2D eigenvalue weighted by atomic mass is 35.5. The van der Waals surface area contributed by atoms with Crippen molar-refractivity contribution in [2.45, 2.75) is 11.8 Å². The van der Waals surface area contributed by atoms with E-state index in [9.17, 15) is 4.79 Å². The number of carbonyl (C=O) groups is 1. The molecule has 12 heteroatoms. The van der Waals surface area contributed by atoms with Crippen LogP contribution in [-0.2, 0) is 11.4 Å². The number of rotatable bonds is 8. The zero-order chi connectivity index (χ0) is 21.6. The van der Waals surface area contributed by atoms with E-state index >= 15 is 0 Å². The Bertz CT molecular complexity index is 1120. The van der Waals surface area contributed by atoms with Gasteiger partial charge in [0.2, 0.25) is 6.79 Å². The van der Waals surface area contributed by atoms with Crippen LogP contribution in [0.3, 0.4) is 0 Å². The second kappa shape index (κ2) is 9.90. The Hall–Kier alpha value is -2.95. The van der Waals surface area contributed by atoms with Crippen molar-refractivity contribution in [2.75, 3.05) is 12.5 Å². The van der Waals surface area contributed by atoms with E-state index in [2.05, 4.69) is 20.7 Å². The number of hydrazone groups is 1. The number of halogens is 2. The van der Waals surface area contributed by atoms with Gasteiger partial charge in [-0.15, -0.1) is 10.2 Å². The molecule has 2 heterocycles. The molecular formula is C19H14Cl2N4O5S. The molecule has 3 aromatic rings. The van der Waals surface area contributed by atoms with Crippen LogP contribution in [0.4, 0.5) is 0 Å². The second-order valence-corrected chi connectivity index (χ2v) is 7.79. The third kappa shape index (κ3) is 5.81. The fraction of sp³-hybridized carbons (Fsp3) is 0.158. The summed E-state index contributed by atoms with van der Waals surface area (Å²) in [6, 6.07) is 10.2. The predicted octanol–water partition coefficient (Wildman–Crippen LogP) is 3.93. The molecule has 160 valence electrons. The first kappa shape index (κ1) is 21.3. The quantitative estimate of drug-likeness (QED) is 0.293. The molecule has 0 radical (unpaired) electrons. The lowest BCUT2D eigenvalue weighted by atomic mass is 10.2. The molecule has 0 saturated carbocycles. The number of amides is 1. The Labute approximate surface area is 190 Å². The van der Waals surface area contributed by atoms with E-state index in [1.807, 2.05) is 0 Å². The Kier molecular flexibility index (Phi) is 6.80. The highest BCUT2D eigenvalue weighted by molar-refractivity contribution is 7.99. The molecule has 1 aliphatic rings. The lowest BCUT2D eigenvalue weighted by Crippen LogP contribution is -2.19. The van der Waals surface area contributed by atoms with Crippen LogP contribution in [0, 0.1) is 0 Å². The average Bonchev–Trinajstić information content (AvgIpc) is 3.40. The summed E-state index contributed by atoms with van der Waals surface area (Å²) in [6.45, 7) is 0.225. The van der Waals surface area contributed by atoms with E-state index in [1.54, 1.807) is 36.4 Å². The van der Waals surface area contributed by atoms with Crippen molar-refractivity contribution in [2.24, 2.45) is 5.10 Å². The number of fused-ring (bicyclic) bond motifs is 1. The molecule has 0 atom stereocenters. The van der Waals surface area contributed by atoms with Crippen molar-refractivity contribution in [3.05, 3.63) is 57.9 Å². The van der Waals surface area contributed by atoms with Gasteiger partial charge in [-0.25, -0.2) is 5.43 Å². The molecule has 1 amide bonds. The molecule has 0 bridgehead atoms. The van der Waals surface area contributed by atoms with Gasteiger partial charge in [0.15, 0.2) is 18.1 Å². The van der Waals surface area contributed by atoms with Crippen LogP contribution < -0.4 is 19.6 Å². The number of hydrogen-bond donors (Lipinski definition) is 1. The number of aromatic nitrogens is 2. The van der Waals surface area contributed by atoms with Gasteiger partial charge >= 0.3 is 0 Å². The molecular weight excluding hydrogens is 467 g/mol. The topological polar surface area (TPSA) is 108 Å². The lowest BCUT2D eigenvalue weighted by molar-refractivity contribution is -0.118. The first-order valence-electron chi connectivity index (χ1n) is 8.81. The summed E-state index contributed by atoms with van der Waals surface area (Å²) in [5, 5.41) is 12.8. The molecule has 0 aliphatic carbocycles. The van der Waals surface area contributed by atoms with Crippen LogP contribution in [-0.4, -0.2) is 34.9 Å². The third-order valence-corrected chi connectivity index (χ3v) is 5.17. The van der Waals surface area contributed by atoms with Gasteiger partial charge in [-0.1, -0.05) is 35.0 Å². The molecule has 0 unspecified atom stereocenters. The van der Waals surface area contributed by atoms with Gasteiger partial charge in [-0.3, -0.25) is 4.79 Å². The zero-order valence-electron chi connectivity index (χ0n) is 15.7. The number of benzene rings is 2. The van der Waals surface area contributed by atoms with Gasteiger partial charge in [0.25, 0.3) is 17.0 Å². The molecule has 2 aromatic carbocycles. The minimum atomic E-state index is -0.328. The highest BCUT2D eigenvalue weighted by Crippen LogP contribution is 2.32. The lowest BCUT2D eigenvalue weighted by Gasteiger charge is -2.05. The Morgan fingerprint density at radius 3 is 2.94 bits per heavy atom. The maximum atomic E-state index is 11.9. The van der Waals surface area contributed by atoms with Crippen LogP contribution in [0.15, 0.2) is 51.1 Å². The smallest absolute Gasteiger partial charge is 0.277 e. The summed E-state index contributed by atoms with van der Waals surface area (Å²) in [5.74, 6) is 1.72. The van der Waals surface area contributed by atoms with Gasteiger partial charge < -0.3 is 18.6 Å². The van der Waals surface area contributed by atoms with Gasteiger partial charge in [-0.2, -0.15) is 5.10 Å². The van der Waals surface area contributed by atoms with Crippen LogP contribution in [0.1, 0.15) is 11.5 Å². The summed E-state index contributed by atoms with van der Waals surface area (Å²) >= 11 is 13.0. The molecule has 0 saturated heterocycles. The minimum absolute atomic E-state index is 0.0287. The van der Waals surface area contributed by atoms with E-state index in [-0.39, 0.29) is 36.2 Å². The molecule has 31 heavy (non-hydrogen) atoms. The molecule has 1 aromatic heterocycles. The Morgan fingerprint density at radius 1 is 1.19 bits per heavy atom. The van der Waals surface area contributed by atoms with Crippen LogP contribution in [0.25, 0.3) is 0 Å². The number of ether oxygens (including phenoxy) is 3. The van der Waals surface area contributed by atoms with Crippen LogP contribution in [0.2, 0.25) is 10.0 Å². The van der Waals surface area contributed by atoms with Crippen molar-refractivity contribution in [1.82, 2.24) is 15.6 Å². The van der Waals surface area contributed by atoms with E-state index in [0.717, 1.165) is 17.3 Å². The number of carbonyl (C=O) groups excluding carboxylic acids is 1. The Morgan fingerprint density at radius 2 is 2.06 bits per heavy atom. The normalized spacial score (nSPS) is 12.3. The Balaban J connectivity index is 1.21. The molecule has 9 nitrogen and oxygen atoms in total. The van der Waals surface area contributed by atoms with E-state index in [4.69, 9.17) is 41.8 Å². The van der Waals surface area contributed by atoms with Gasteiger partial charge in [0, 0.05) is 5.02 Å². The van der Waals surface area contributed by atoms with Crippen molar-refractivity contribution >= 4 is 47.1 Å². The fourth-order valence-corrected chi connectivity index (χ4v) is 3.45. The van der Waals surface area contributed by atoms with Crippen LogP contribution >= 0.6 is 35.0 Å². The van der Waals surface area contributed by atoms with Crippen LogP contribution in [0.5, 0.6) is 17.2 Å². The summed E-state index contributed by atoms with van der Waals surface area (Å²) in [5.41, 5.74) is 3.19. The number of hydrogen-bond acceptors (Lipinski definition) is 9. The summed E-state index contributed by atoms with van der Waals surface area (Å²) < 4.78 is 21.5. The fourth-order valence-electron chi connectivity index (χ4n) is 2.42. The standard InChI is InChI=1S/C19H14Cl2N4O5S/c20-12-2-4-14(13(21)6-12)27-8-18-24-25-19(30-18)31-9-17(26)23-22-7-11-1-3-15-16(5-11)29-10-28-15/h1-7H,8-10H2,(H,23,26)/b22-7-. The van der Waals surface area contributed by atoms with Crippen molar-refractivity contribution in [3.63, 3.8) is 0 Å². The van der Waals surface area contributed by atoms with Gasteiger partial charge in [0.1, 0.15) is 5.75 Å². The van der Waals surface area contributed by atoms with Crippen molar-refractivity contribution in [1.29, 1.82) is 0 Å². The van der Waals surface area contributed by atoms with Crippen molar-refractivity contribution in [3.8, 4) is 17.2 Å². The molecule has 0 fully saturated rings. The maximum Gasteiger partial charge on any atom is 0.277 e. The first-order valence-corrected chi connectivity index (χ1v) is 10.6.